The van der Waals surface area contributed by atoms with Crippen molar-refractivity contribution in [2.75, 3.05) is 25.0 Å². The van der Waals surface area contributed by atoms with Gasteiger partial charge in [-0.3, -0.25) is 14.4 Å². The van der Waals surface area contributed by atoms with Gasteiger partial charge in [0.05, 0.1) is 13.0 Å². The first kappa shape index (κ1) is 23.5. The van der Waals surface area contributed by atoms with E-state index in [2.05, 4.69) is 16.0 Å². The molecule has 7 heteroatoms. The second-order valence-corrected chi connectivity index (χ2v) is 7.26. The highest BCUT2D eigenvalue weighted by Gasteiger charge is 2.08. The van der Waals surface area contributed by atoms with Crippen LogP contribution < -0.4 is 20.7 Å². The summed E-state index contributed by atoms with van der Waals surface area (Å²) in [6.45, 7) is 3.14. The number of rotatable bonds is 10. The van der Waals surface area contributed by atoms with E-state index in [1.807, 2.05) is 37.3 Å². The predicted octanol–water partition coefficient (Wildman–Crippen LogP) is 3.43. The molecule has 0 atom stereocenters. The predicted molar refractivity (Wildman–Crippen MR) is 127 cm³/mol. The number of hydrogen-bond donors (Lipinski definition) is 3. The van der Waals surface area contributed by atoms with Gasteiger partial charge in [-0.1, -0.05) is 30.3 Å². The summed E-state index contributed by atoms with van der Waals surface area (Å²) in [6, 6.07) is 22.9. The molecule has 0 radical (unpaired) electrons. The third kappa shape index (κ3) is 7.50. The van der Waals surface area contributed by atoms with Crippen LogP contribution in [0.1, 0.15) is 33.2 Å². The average Bonchev–Trinajstić information content (AvgIpc) is 2.84. The Bertz CT molecular complexity index is 1060. The van der Waals surface area contributed by atoms with Crippen LogP contribution in [0.15, 0.2) is 78.9 Å². The van der Waals surface area contributed by atoms with Crippen molar-refractivity contribution in [2.45, 2.75) is 13.3 Å². The standard InChI is InChI=1S/C26H27N3O4/c1-2-33-23-14-8-19(9-15-23)18-24(30)29-22-12-10-21(11-13-22)26(32)28-17-16-27-25(31)20-6-4-3-5-7-20/h3-15H,2,16-18H2,1H3,(H,27,31)(H,28,32)(H,29,30). The molecule has 0 unspecified atom stereocenters. The third-order valence-corrected chi connectivity index (χ3v) is 4.76. The first-order chi connectivity index (χ1) is 16.0. The maximum absolute atomic E-state index is 12.3. The molecule has 0 spiro atoms. The number of amides is 3. The molecule has 3 N–H and O–H groups in total. The zero-order chi connectivity index (χ0) is 23.5. The van der Waals surface area contributed by atoms with Crippen molar-refractivity contribution < 1.29 is 19.1 Å². The van der Waals surface area contributed by atoms with E-state index in [1.54, 1.807) is 48.5 Å². The van der Waals surface area contributed by atoms with Crippen molar-refractivity contribution in [1.29, 1.82) is 0 Å². The largest absolute Gasteiger partial charge is 0.494 e. The van der Waals surface area contributed by atoms with Crippen LogP contribution in [-0.4, -0.2) is 37.4 Å². The van der Waals surface area contributed by atoms with Crippen LogP contribution in [0.5, 0.6) is 5.75 Å². The minimum atomic E-state index is -0.253. The highest BCUT2D eigenvalue weighted by atomic mass is 16.5. The van der Waals surface area contributed by atoms with E-state index in [4.69, 9.17) is 4.74 Å². The van der Waals surface area contributed by atoms with Gasteiger partial charge in [0.2, 0.25) is 5.91 Å². The molecule has 0 bridgehead atoms. The van der Waals surface area contributed by atoms with E-state index in [-0.39, 0.29) is 24.1 Å². The molecule has 3 aromatic rings. The molecule has 170 valence electrons. The molecule has 0 aromatic heterocycles. The summed E-state index contributed by atoms with van der Waals surface area (Å²) < 4.78 is 5.40. The number of carbonyl (C=O) groups excluding carboxylic acids is 3. The quantitative estimate of drug-likeness (QED) is 0.417. The maximum Gasteiger partial charge on any atom is 0.251 e. The maximum atomic E-state index is 12.3. The molecule has 0 fully saturated rings. The fourth-order valence-corrected chi connectivity index (χ4v) is 3.11. The SMILES string of the molecule is CCOc1ccc(CC(=O)Nc2ccc(C(=O)NCCNC(=O)c3ccccc3)cc2)cc1. The van der Waals surface area contributed by atoms with E-state index < -0.39 is 0 Å². The number of benzene rings is 3. The van der Waals surface area contributed by atoms with Gasteiger partial charge in [0.15, 0.2) is 0 Å². The molecule has 3 aromatic carbocycles. The number of carbonyl (C=O) groups is 3. The zero-order valence-electron chi connectivity index (χ0n) is 18.5. The zero-order valence-corrected chi connectivity index (χ0v) is 18.5. The molecule has 0 aliphatic carbocycles. The Balaban J connectivity index is 1.41. The normalized spacial score (nSPS) is 10.2. The van der Waals surface area contributed by atoms with Crippen LogP contribution in [0.3, 0.4) is 0 Å². The minimum Gasteiger partial charge on any atom is -0.494 e. The Labute approximate surface area is 193 Å². The van der Waals surface area contributed by atoms with Gasteiger partial charge in [-0.15, -0.1) is 0 Å². The summed E-state index contributed by atoms with van der Waals surface area (Å²) in [4.78, 5) is 36.6. The van der Waals surface area contributed by atoms with Crippen LogP contribution in [0.2, 0.25) is 0 Å². The lowest BCUT2D eigenvalue weighted by Gasteiger charge is -2.09. The lowest BCUT2D eigenvalue weighted by molar-refractivity contribution is -0.115. The molecular formula is C26H27N3O4. The fraction of sp³-hybridized carbons (Fsp3) is 0.192. The molecule has 3 rings (SSSR count). The molecule has 0 saturated heterocycles. The summed E-state index contributed by atoms with van der Waals surface area (Å²) >= 11 is 0. The first-order valence-electron chi connectivity index (χ1n) is 10.8. The Hall–Kier alpha value is -4.13. The van der Waals surface area contributed by atoms with Gasteiger partial charge in [-0.05, 0) is 61.0 Å². The molecule has 0 aliphatic heterocycles. The highest BCUT2D eigenvalue weighted by molar-refractivity contribution is 5.96. The topological polar surface area (TPSA) is 96.5 Å². The molecule has 33 heavy (non-hydrogen) atoms. The molecule has 7 nitrogen and oxygen atoms in total. The lowest BCUT2D eigenvalue weighted by Crippen LogP contribution is -2.34. The fourth-order valence-electron chi connectivity index (χ4n) is 3.11. The van der Waals surface area contributed by atoms with Gasteiger partial charge < -0.3 is 20.7 Å². The van der Waals surface area contributed by atoms with E-state index in [0.717, 1.165) is 11.3 Å². The molecule has 0 aliphatic rings. The molecular weight excluding hydrogens is 418 g/mol. The van der Waals surface area contributed by atoms with Crippen molar-refractivity contribution in [2.24, 2.45) is 0 Å². The summed E-state index contributed by atoms with van der Waals surface area (Å²) in [5.41, 5.74) is 2.53. The summed E-state index contributed by atoms with van der Waals surface area (Å²) in [6.07, 6.45) is 0.239. The van der Waals surface area contributed by atoms with Crippen LogP contribution in [0.25, 0.3) is 0 Å². The Morgan fingerprint density at radius 1 is 0.727 bits per heavy atom. The number of hydrogen-bond acceptors (Lipinski definition) is 4. The highest BCUT2D eigenvalue weighted by Crippen LogP contribution is 2.14. The second kappa shape index (κ2) is 12.0. The summed E-state index contributed by atoms with van der Waals surface area (Å²) in [5, 5.41) is 8.35. The first-order valence-corrected chi connectivity index (χ1v) is 10.8. The smallest absolute Gasteiger partial charge is 0.251 e. The Morgan fingerprint density at radius 2 is 1.30 bits per heavy atom. The average molecular weight is 446 g/mol. The van der Waals surface area contributed by atoms with Crippen LogP contribution in [0, 0.1) is 0 Å². The van der Waals surface area contributed by atoms with Gasteiger partial charge in [-0.25, -0.2) is 0 Å². The molecule has 0 heterocycles. The minimum absolute atomic E-state index is 0.148. The summed E-state index contributed by atoms with van der Waals surface area (Å²) in [5.74, 6) is 0.186. The number of anilines is 1. The Morgan fingerprint density at radius 3 is 1.88 bits per heavy atom. The number of ether oxygens (including phenoxy) is 1. The molecule has 3 amide bonds. The summed E-state index contributed by atoms with van der Waals surface area (Å²) in [7, 11) is 0. The van der Waals surface area contributed by atoms with Crippen LogP contribution in [0.4, 0.5) is 5.69 Å². The van der Waals surface area contributed by atoms with Gasteiger partial charge in [0.25, 0.3) is 11.8 Å². The van der Waals surface area contributed by atoms with Crippen molar-refractivity contribution in [3.05, 3.63) is 95.6 Å². The van der Waals surface area contributed by atoms with Crippen molar-refractivity contribution in [3.63, 3.8) is 0 Å². The van der Waals surface area contributed by atoms with Gasteiger partial charge in [0.1, 0.15) is 5.75 Å². The Kier molecular flexibility index (Phi) is 8.59. The number of nitrogens with one attached hydrogen (secondary N) is 3. The second-order valence-electron chi connectivity index (χ2n) is 7.26. The van der Waals surface area contributed by atoms with Crippen molar-refractivity contribution in [3.8, 4) is 5.75 Å². The molecule has 0 saturated carbocycles. The third-order valence-electron chi connectivity index (χ3n) is 4.76. The van der Waals surface area contributed by atoms with Crippen LogP contribution >= 0.6 is 0 Å². The monoisotopic (exact) mass is 445 g/mol. The van der Waals surface area contributed by atoms with Crippen LogP contribution in [-0.2, 0) is 11.2 Å². The van der Waals surface area contributed by atoms with E-state index in [9.17, 15) is 14.4 Å². The van der Waals surface area contributed by atoms with E-state index in [0.29, 0.717) is 36.5 Å². The van der Waals surface area contributed by atoms with Gasteiger partial charge in [-0.2, -0.15) is 0 Å². The van der Waals surface area contributed by atoms with E-state index in [1.165, 1.54) is 0 Å². The van der Waals surface area contributed by atoms with Crippen molar-refractivity contribution >= 4 is 23.4 Å². The lowest BCUT2D eigenvalue weighted by atomic mass is 10.1. The van der Waals surface area contributed by atoms with Crippen molar-refractivity contribution in [1.82, 2.24) is 10.6 Å². The van der Waals surface area contributed by atoms with Gasteiger partial charge in [0, 0.05) is 29.9 Å². The van der Waals surface area contributed by atoms with Gasteiger partial charge >= 0.3 is 0 Å². The van der Waals surface area contributed by atoms with E-state index >= 15 is 0 Å².